The number of nitro groups is 1. The van der Waals surface area contributed by atoms with Crippen LogP contribution in [0.4, 0.5) is 5.69 Å². The first-order chi connectivity index (χ1) is 12.7. The fourth-order valence-corrected chi connectivity index (χ4v) is 4.71. The molecule has 0 aliphatic carbocycles. The van der Waals surface area contributed by atoms with Gasteiger partial charge in [-0.3, -0.25) is 14.9 Å². The molecule has 0 aromatic heterocycles. The van der Waals surface area contributed by atoms with Gasteiger partial charge in [-0.05, 0) is 25.0 Å². The van der Waals surface area contributed by atoms with Gasteiger partial charge in [0.2, 0.25) is 15.9 Å². The number of hydrogen-bond acceptors (Lipinski definition) is 7. The minimum Gasteiger partial charge on any atom is -0.381 e. The summed E-state index contributed by atoms with van der Waals surface area (Å²) >= 11 is 0. The van der Waals surface area contributed by atoms with Gasteiger partial charge in [-0.2, -0.15) is 4.31 Å². The Morgan fingerprint density at radius 3 is 2.19 bits per heavy atom. The smallest absolute Gasteiger partial charge is 0.269 e. The van der Waals surface area contributed by atoms with Crippen molar-refractivity contribution in [2.24, 2.45) is 5.73 Å². The number of hydrogen-bond donors (Lipinski definition) is 1. The number of amides is 1. The summed E-state index contributed by atoms with van der Waals surface area (Å²) in [4.78, 5) is 24.4. The summed E-state index contributed by atoms with van der Waals surface area (Å²) < 4.78 is 32.0. The molecular formula is C16H22N4O6S. The molecule has 0 spiro atoms. The third-order valence-corrected chi connectivity index (χ3v) is 6.93. The number of carbonyl (C=O) groups excluding carboxylic acids is 1. The van der Waals surface area contributed by atoms with Crippen LogP contribution < -0.4 is 5.73 Å². The van der Waals surface area contributed by atoms with Gasteiger partial charge in [0.05, 0.1) is 15.4 Å². The van der Waals surface area contributed by atoms with Gasteiger partial charge in [-0.1, -0.05) is 0 Å². The SMILES string of the molecule is NC1(C(=O)N2CCN(S(=O)(=O)c3ccc([N+](=O)[O-])cc3)CC2)CCOCC1. The number of non-ortho nitro benzene ring substituents is 1. The lowest BCUT2D eigenvalue weighted by molar-refractivity contribution is -0.384. The highest BCUT2D eigenvalue weighted by Crippen LogP contribution is 2.24. The third kappa shape index (κ3) is 3.95. The van der Waals surface area contributed by atoms with Crippen molar-refractivity contribution in [3.05, 3.63) is 34.4 Å². The molecule has 1 aromatic carbocycles. The Balaban J connectivity index is 1.65. The average Bonchev–Trinajstić information content (AvgIpc) is 2.68. The highest BCUT2D eigenvalue weighted by molar-refractivity contribution is 7.89. The standard InChI is InChI=1S/C16H22N4O6S/c17-16(5-11-26-12-6-16)15(21)18-7-9-19(10-8-18)27(24,25)14-3-1-13(2-4-14)20(22)23/h1-4H,5-12,17H2. The Bertz CT molecular complexity index is 812. The van der Waals surface area contributed by atoms with Crippen LogP contribution in [0, 0.1) is 10.1 Å². The summed E-state index contributed by atoms with van der Waals surface area (Å²) in [5.41, 5.74) is 5.11. The van der Waals surface area contributed by atoms with E-state index < -0.39 is 20.5 Å². The van der Waals surface area contributed by atoms with Crippen molar-refractivity contribution in [3.8, 4) is 0 Å². The van der Waals surface area contributed by atoms with Gasteiger partial charge in [0.1, 0.15) is 0 Å². The fourth-order valence-electron chi connectivity index (χ4n) is 3.28. The first-order valence-corrected chi connectivity index (χ1v) is 10.1. The number of ether oxygens (including phenoxy) is 1. The molecule has 11 heteroatoms. The van der Waals surface area contributed by atoms with Gasteiger partial charge in [0.15, 0.2) is 0 Å². The van der Waals surface area contributed by atoms with Crippen molar-refractivity contribution in [2.75, 3.05) is 39.4 Å². The molecule has 10 nitrogen and oxygen atoms in total. The molecule has 2 aliphatic heterocycles. The summed E-state index contributed by atoms with van der Waals surface area (Å²) in [5, 5.41) is 10.7. The number of nitrogens with two attached hydrogens (primary N) is 1. The zero-order valence-corrected chi connectivity index (χ0v) is 15.6. The van der Waals surface area contributed by atoms with Gasteiger partial charge >= 0.3 is 0 Å². The van der Waals surface area contributed by atoms with Crippen molar-refractivity contribution >= 4 is 21.6 Å². The van der Waals surface area contributed by atoms with Gasteiger partial charge in [-0.15, -0.1) is 0 Å². The van der Waals surface area contributed by atoms with Crippen LogP contribution >= 0.6 is 0 Å². The molecule has 1 amide bonds. The lowest BCUT2D eigenvalue weighted by atomic mass is 9.89. The predicted octanol–water partition coefficient (Wildman–Crippen LogP) is -0.0644. The molecular weight excluding hydrogens is 376 g/mol. The van der Waals surface area contributed by atoms with E-state index in [-0.39, 0.29) is 42.7 Å². The second-order valence-electron chi connectivity index (χ2n) is 6.72. The molecule has 0 atom stereocenters. The second-order valence-corrected chi connectivity index (χ2v) is 8.65. The van der Waals surface area contributed by atoms with E-state index in [2.05, 4.69) is 0 Å². The van der Waals surface area contributed by atoms with Crippen LogP contribution in [0.5, 0.6) is 0 Å². The van der Waals surface area contributed by atoms with Gasteiger partial charge in [-0.25, -0.2) is 8.42 Å². The molecule has 2 saturated heterocycles. The van der Waals surface area contributed by atoms with Crippen molar-refractivity contribution in [1.29, 1.82) is 0 Å². The van der Waals surface area contributed by atoms with Crippen LogP contribution in [0.15, 0.2) is 29.2 Å². The minimum atomic E-state index is -3.77. The van der Waals surface area contributed by atoms with Crippen molar-refractivity contribution < 1.29 is 22.9 Å². The molecule has 2 heterocycles. The Labute approximate surface area is 157 Å². The van der Waals surface area contributed by atoms with Gasteiger partial charge in [0, 0.05) is 51.5 Å². The maximum Gasteiger partial charge on any atom is 0.269 e. The largest absolute Gasteiger partial charge is 0.381 e. The highest BCUT2D eigenvalue weighted by Gasteiger charge is 2.40. The van der Waals surface area contributed by atoms with Crippen LogP contribution in [-0.4, -0.2) is 73.4 Å². The summed E-state index contributed by atoms with van der Waals surface area (Å²) in [7, 11) is -3.77. The first-order valence-electron chi connectivity index (χ1n) is 8.65. The Morgan fingerprint density at radius 1 is 1.11 bits per heavy atom. The monoisotopic (exact) mass is 398 g/mol. The molecule has 2 fully saturated rings. The van der Waals surface area contributed by atoms with E-state index in [1.54, 1.807) is 4.90 Å². The summed E-state index contributed by atoms with van der Waals surface area (Å²) in [5.74, 6) is -0.168. The number of nitrogens with zero attached hydrogens (tertiary/aromatic N) is 3. The number of piperazine rings is 1. The molecule has 0 unspecified atom stereocenters. The normalized spacial score (nSPS) is 21.0. The lowest BCUT2D eigenvalue weighted by Gasteiger charge is -2.40. The molecule has 1 aromatic rings. The zero-order valence-electron chi connectivity index (χ0n) is 14.7. The number of benzene rings is 1. The van der Waals surface area contributed by atoms with E-state index in [1.165, 1.54) is 16.4 Å². The maximum atomic E-state index is 12.7. The topological polar surface area (TPSA) is 136 Å². The van der Waals surface area contributed by atoms with E-state index in [4.69, 9.17) is 10.5 Å². The van der Waals surface area contributed by atoms with E-state index in [0.717, 1.165) is 12.1 Å². The summed E-state index contributed by atoms with van der Waals surface area (Å²) in [6, 6.07) is 4.77. The molecule has 148 valence electrons. The van der Waals surface area contributed by atoms with Crippen molar-refractivity contribution in [1.82, 2.24) is 9.21 Å². The molecule has 0 radical (unpaired) electrons. The Morgan fingerprint density at radius 2 is 1.67 bits per heavy atom. The predicted molar refractivity (Wildman–Crippen MR) is 95.4 cm³/mol. The third-order valence-electron chi connectivity index (χ3n) is 5.02. The summed E-state index contributed by atoms with van der Waals surface area (Å²) in [6.07, 6.45) is 0.903. The van der Waals surface area contributed by atoms with Crippen LogP contribution in [0.25, 0.3) is 0 Å². The maximum absolute atomic E-state index is 12.7. The van der Waals surface area contributed by atoms with E-state index >= 15 is 0 Å². The van der Waals surface area contributed by atoms with Crippen LogP contribution in [0.3, 0.4) is 0 Å². The highest BCUT2D eigenvalue weighted by atomic mass is 32.2. The molecule has 27 heavy (non-hydrogen) atoms. The van der Waals surface area contributed by atoms with Gasteiger partial charge in [0.25, 0.3) is 5.69 Å². The van der Waals surface area contributed by atoms with Crippen molar-refractivity contribution in [3.63, 3.8) is 0 Å². The van der Waals surface area contributed by atoms with E-state index in [0.29, 0.717) is 26.1 Å². The van der Waals surface area contributed by atoms with Crippen LogP contribution in [0.1, 0.15) is 12.8 Å². The van der Waals surface area contributed by atoms with Gasteiger partial charge < -0.3 is 15.4 Å². The lowest BCUT2D eigenvalue weighted by Crippen LogP contribution is -2.61. The average molecular weight is 398 g/mol. The van der Waals surface area contributed by atoms with E-state index in [9.17, 15) is 23.3 Å². The van der Waals surface area contributed by atoms with Crippen LogP contribution in [0.2, 0.25) is 0 Å². The van der Waals surface area contributed by atoms with E-state index in [1.807, 2.05) is 0 Å². The Kier molecular flexibility index (Phi) is 5.47. The molecule has 0 bridgehead atoms. The minimum absolute atomic E-state index is 0.00685. The number of nitro benzene ring substituents is 1. The first kappa shape index (κ1) is 19.7. The molecule has 0 saturated carbocycles. The Hall–Kier alpha value is -2.08. The fraction of sp³-hybridized carbons (Fsp3) is 0.562. The quantitative estimate of drug-likeness (QED) is 0.554. The number of sulfonamides is 1. The number of carbonyl (C=O) groups is 1. The molecule has 2 N–H and O–H groups in total. The van der Waals surface area contributed by atoms with Crippen LogP contribution in [-0.2, 0) is 19.6 Å². The molecule has 3 rings (SSSR count). The number of rotatable bonds is 4. The molecule has 2 aliphatic rings. The second kappa shape index (κ2) is 7.50. The zero-order chi connectivity index (χ0) is 19.7. The van der Waals surface area contributed by atoms with Crippen molar-refractivity contribution in [2.45, 2.75) is 23.3 Å². The summed E-state index contributed by atoms with van der Waals surface area (Å²) in [6.45, 7) is 1.69.